The second kappa shape index (κ2) is 6.80. The Morgan fingerprint density at radius 2 is 1.95 bits per heavy atom. The molecule has 0 amide bonds. The van der Waals surface area contributed by atoms with Crippen LogP contribution in [0.25, 0.3) is 0 Å². The Balaban J connectivity index is 1.66. The number of ether oxygens (including phenoxy) is 2. The lowest BCUT2D eigenvalue weighted by molar-refractivity contribution is 0.122. The van der Waals surface area contributed by atoms with Crippen molar-refractivity contribution < 1.29 is 9.47 Å². The number of methoxy groups -OCH3 is 1. The molecular formula is C16H25NO2. The monoisotopic (exact) mass is 263 g/mol. The van der Waals surface area contributed by atoms with Crippen LogP contribution in [0.4, 0.5) is 0 Å². The third-order valence-corrected chi connectivity index (χ3v) is 4.27. The van der Waals surface area contributed by atoms with E-state index in [1.807, 2.05) is 24.3 Å². The summed E-state index contributed by atoms with van der Waals surface area (Å²) in [6.45, 7) is 4.99. The summed E-state index contributed by atoms with van der Waals surface area (Å²) in [5.74, 6) is 1.62. The fourth-order valence-electron chi connectivity index (χ4n) is 2.66. The minimum absolute atomic E-state index is 0.574. The number of hydrogen-bond acceptors (Lipinski definition) is 3. The van der Waals surface area contributed by atoms with E-state index in [2.05, 4.69) is 12.2 Å². The smallest absolute Gasteiger partial charge is 0.161 e. The van der Waals surface area contributed by atoms with E-state index in [9.17, 15) is 0 Å². The van der Waals surface area contributed by atoms with Crippen LogP contribution in [-0.2, 0) is 0 Å². The van der Waals surface area contributed by atoms with Gasteiger partial charge in [0.2, 0.25) is 0 Å². The van der Waals surface area contributed by atoms with Gasteiger partial charge in [0, 0.05) is 13.1 Å². The second-order valence-corrected chi connectivity index (χ2v) is 5.38. The Bertz CT molecular complexity index is 383. The van der Waals surface area contributed by atoms with Crippen LogP contribution < -0.4 is 14.8 Å². The van der Waals surface area contributed by atoms with Gasteiger partial charge < -0.3 is 14.8 Å². The molecule has 1 aliphatic carbocycles. The van der Waals surface area contributed by atoms with Gasteiger partial charge in [-0.15, -0.1) is 0 Å². The zero-order chi connectivity index (χ0) is 13.6. The van der Waals surface area contributed by atoms with Gasteiger partial charge in [0.05, 0.1) is 7.11 Å². The maximum atomic E-state index is 5.74. The first-order valence-corrected chi connectivity index (χ1v) is 7.26. The standard InChI is InChI=1S/C16H25NO2/c1-3-16(9-6-10-16)13-17-11-12-19-15-8-5-4-7-14(15)18-2/h4-5,7-8,17H,3,6,9-13H2,1-2H3. The van der Waals surface area contributed by atoms with E-state index in [0.717, 1.165) is 24.6 Å². The first kappa shape index (κ1) is 14.2. The van der Waals surface area contributed by atoms with E-state index in [0.29, 0.717) is 12.0 Å². The molecule has 0 saturated heterocycles. The molecule has 0 radical (unpaired) electrons. The molecule has 1 aromatic rings. The molecule has 0 aromatic heterocycles. The highest BCUT2D eigenvalue weighted by molar-refractivity contribution is 5.39. The van der Waals surface area contributed by atoms with Gasteiger partial charge in [-0.3, -0.25) is 0 Å². The van der Waals surface area contributed by atoms with E-state index in [4.69, 9.17) is 9.47 Å². The first-order valence-electron chi connectivity index (χ1n) is 7.26. The molecule has 3 heteroatoms. The van der Waals surface area contributed by atoms with E-state index in [1.54, 1.807) is 7.11 Å². The van der Waals surface area contributed by atoms with Gasteiger partial charge in [-0.2, -0.15) is 0 Å². The molecule has 2 rings (SSSR count). The van der Waals surface area contributed by atoms with Crippen molar-refractivity contribution in [2.24, 2.45) is 5.41 Å². The van der Waals surface area contributed by atoms with E-state index in [-0.39, 0.29) is 0 Å². The Hall–Kier alpha value is -1.22. The lowest BCUT2D eigenvalue weighted by Crippen LogP contribution is -2.40. The van der Waals surface area contributed by atoms with Crippen molar-refractivity contribution in [3.8, 4) is 11.5 Å². The van der Waals surface area contributed by atoms with Gasteiger partial charge in [-0.1, -0.05) is 25.5 Å². The maximum absolute atomic E-state index is 5.74. The van der Waals surface area contributed by atoms with Crippen molar-refractivity contribution in [3.63, 3.8) is 0 Å². The quantitative estimate of drug-likeness (QED) is 0.730. The summed E-state index contributed by atoms with van der Waals surface area (Å²) in [4.78, 5) is 0. The van der Waals surface area contributed by atoms with Gasteiger partial charge >= 0.3 is 0 Å². The fourth-order valence-corrected chi connectivity index (χ4v) is 2.66. The molecule has 1 aliphatic rings. The second-order valence-electron chi connectivity index (χ2n) is 5.38. The lowest BCUT2D eigenvalue weighted by Gasteiger charge is -2.41. The normalized spacial score (nSPS) is 16.7. The molecule has 1 fully saturated rings. The molecule has 1 N–H and O–H groups in total. The predicted molar refractivity (Wildman–Crippen MR) is 77.9 cm³/mol. The van der Waals surface area contributed by atoms with Crippen molar-refractivity contribution >= 4 is 0 Å². The van der Waals surface area contributed by atoms with E-state index in [1.165, 1.54) is 25.7 Å². The Morgan fingerprint density at radius 1 is 1.21 bits per heavy atom. The van der Waals surface area contributed by atoms with Gasteiger partial charge in [0.15, 0.2) is 11.5 Å². The highest BCUT2D eigenvalue weighted by Crippen LogP contribution is 2.42. The molecule has 0 bridgehead atoms. The Labute approximate surface area is 116 Å². The molecule has 0 unspecified atom stereocenters. The highest BCUT2D eigenvalue weighted by Gasteiger charge is 2.34. The number of para-hydroxylation sites is 2. The Kier molecular flexibility index (Phi) is 5.08. The largest absolute Gasteiger partial charge is 0.493 e. The van der Waals surface area contributed by atoms with Crippen LogP contribution >= 0.6 is 0 Å². The topological polar surface area (TPSA) is 30.5 Å². The molecule has 3 nitrogen and oxygen atoms in total. The van der Waals surface area contributed by atoms with Gasteiger partial charge in [0.1, 0.15) is 6.61 Å². The summed E-state index contributed by atoms with van der Waals surface area (Å²) >= 11 is 0. The number of hydrogen-bond donors (Lipinski definition) is 1. The van der Waals surface area contributed by atoms with Crippen molar-refractivity contribution in [2.45, 2.75) is 32.6 Å². The van der Waals surface area contributed by atoms with Crippen molar-refractivity contribution in [3.05, 3.63) is 24.3 Å². The minimum Gasteiger partial charge on any atom is -0.493 e. The molecular weight excluding hydrogens is 238 g/mol. The van der Waals surface area contributed by atoms with E-state index < -0.39 is 0 Å². The minimum atomic E-state index is 0.574. The van der Waals surface area contributed by atoms with Gasteiger partial charge in [-0.25, -0.2) is 0 Å². The molecule has 0 atom stereocenters. The summed E-state index contributed by atoms with van der Waals surface area (Å²) in [6, 6.07) is 7.78. The summed E-state index contributed by atoms with van der Waals surface area (Å²) in [6.07, 6.45) is 5.44. The van der Waals surface area contributed by atoms with E-state index >= 15 is 0 Å². The van der Waals surface area contributed by atoms with Crippen LogP contribution in [0.15, 0.2) is 24.3 Å². The van der Waals surface area contributed by atoms with Gasteiger partial charge in [0.25, 0.3) is 0 Å². The van der Waals surface area contributed by atoms with Crippen LogP contribution in [0.2, 0.25) is 0 Å². The third-order valence-electron chi connectivity index (χ3n) is 4.27. The van der Waals surface area contributed by atoms with Crippen LogP contribution in [0.3, 0.4) is 0 Å². The third kappa shape index (κ3) is 3.63. The average molecular weight is 263 g/mol. The zero-order valence-electron chi connectivity index (χ0n) is 12.1. The molecule has 19 heavy (non-hydrogen) atoms. The number of nitrogens with one attached hydrogen (secondary N) is 1. The Morgan fingerprint density at radius 3 is 2.53 bits per heavy atom. The number of benzene rings is 1. The molecule has 106 valence electrons. The summed E-state index contributed by atoms with van der Waals surface area (Å²) in [7, 11) is 1.67. The predicted octanol–water partition coefficient (Wildman–Crippen LogP) is 3.24. The van der Waals surface area contributed by atoms with Crippen molar-refractivity contribution in [1.29, 1.82) is 0 Å². The van der Waals surface area contributed by atoms with Gasteiger partial charge in [-0.05, 0) is 36.8 Å². The van der Waals surface area contributed by atoms with Crippen LogP contribution in [0.5, 0.6) is 11.5 Å². The van der Waals surface area contributed by atoms with Crippen molar-refractivity contribution in [1.82, 2.24) is 5.32 Å². The first-order chi connectivity index (χ1) is 9.29. The molecule has 1 aromatic carbocycles. The molecule has 1 saturated carbocycles. The lowest BCUT2D eigenvalue weighted by atomic mass is 9.67. The van der Waals surface area contributed by atoms with Crippen LogP contribution in [-0.4, -0.2) is 26.8 Å². The summed E-state index contributed by atoms with van der Waals surface area (Å²) in [5, 5.41) is 3.52. The molecule has 0 aliphatic heterocycles. The van der Waals surface area contributed by atoms with Crippen LogP contribution in [0.1, 0.15) is 32.6 Å². The van der Waals surface area contributed by atoms with Crippen molar-refractivity contribution in [2.75, 3.05) is 26.8 Å². The summed E-state index contributed by atoms with van der Waals surface area (Å²) < 4.78 is 11.0. The van der Waals surface area contributed by atoms with Crippen LogP contribution in [0, 0.1) is 5.41 Å². The zero-order valence-corrected chi connectivity index (χ0v) is 12.1. The average Bonchev–Trinajstić information content (AvgIpc) is 2.41. The maximum Gasteiger partial charge on any atom is 0.161 e. The fraction of sp³-hybridized carbons (Fsp3) is 0.625. The number of rotatable bonds is 8. The SMILES string of the molecule is CCC1(CNCCOc2ccccc2OC)CCC1. The molecule has 0 spiro atoms. The molecule has 0 heterocycles. The summed E-state index contributed by atoms with van der Waals surface area (Å²) in [5.41, 5.74) is 0.574. The highest BCUT2D eigenvalue weighted by atomic mass is 16.5.